The monoisotopic (exact) mass is 425 g/mol. The van der Waals surface area contributed by atoms with Crippen molar-refractivity contribution in [2.45, 2.75) is 20.8 Å². The molecule has 8 heteroatoms. The van der Waals surface area contributed by atoms with E-state index in [-0.39, 0.29) is 10.3 Å². The van der Waals surface area contributed by atoms with Crippen molar-refractivity contribution in [1.82, 2.24) is 0 Å². The van der Waals surface area contributed by atoms with E-state index in [0.717, 1.165) is 11.3 Å². The predicted molar refractivity (Wildman–Crippen MR) is 112 cm³/mol. The van der Waals surface area contributed by atoms with Crippen LogP contribution in [-0.2, 0) is 9.09 Å². The Morgan fingerprint density at radius 1 is 1.30 bits per heavy atom. The highest BCUT2D eigenvalue weighted by atomic mass is 35.5. The van der Waals surface area contributed by atoms with Crippen molar-refractivity contribution in [3.8, 4) is 11.8 Å². The van der Waals surface area contributed by atoms with Crippen molar-refractivity contribution in [2.24, 2.45) is 5.41 Å². The van der Waals surface area contributed by atoms with Gasteiger partial charge in [0.1, 0.15) is 4.88 Å². The molecule has 1 N–H and O–H groups in total. The van der Waals surface area contributed by atoms with E-state index >= 15 is 0 Å². The van der Waals surface area contributed by atoms with Crippen molar-refractivity contribution in [3.63, 3.8) is 0 Å². The maximum Gasteiger partial charge on any atom is 0.348 e. The molecule has 0 saturated carbocycles. The number of anilines is 1. The SMILES string of the molecule is COP(=O)(c1ccc(Cl)cc1)N(C)c1cc(C#CC(C)(C)C)sc1C(=O)O. The Labute approximate surface area is 168 Å². The molecule has 5 nitrogen and oxygen atoms in total. The van der Waals surface area contributed by atoms with Gasteiger partial charge in [-0.25, -0.2) is 4.79 Å². The highest BCUT2D eigenvalue weighted by Gasteiger charge is 2.34. The highest BCUT2D eigenvalue weighted by molar-refractivity contribution is 7.68. The molecule has 0 aliphatic rings. The number of carboxylic acid groups (broad SMARTS) is 1. The minimum Gasteiger partial charge on any atom is -0.477 e. The largest absolute Gasteiger partial charge is 0.477 e. The Balaban J connectivity index is 2.55. The molecule has 144 valence electrons. The van der Waals surface area contributed by atoms with Gasteiger partial charge in [0.05, 0.1) is 15.9 Å². The first kappa shape index (κ1) is 21.5. The van der Waals surface area contributed by atoms with Crippen LogP contribution in [0.3, 0.4) is 0 Å². The zero-order chi connectivity index (χ0) is 20.4. The highest BCUT2D eigenvalue weighted by Crippen LogP contribution is 2.52. The average Bonchev–Trinajstić information content (AvgIpc) is 3.03. The normalized spacial score (nSPS) is 13.4. The fourth-order valence-corrected chi connectivity index (χ4v) is 5.10. The number of carboxylic acids is 1. The molecule has 1 atom stereocenters. The standard InChI is InChI=1S/C19H21ClNO4PS/c1-19(2,3)11-10-15-12-16(17(27-15)18(22)23)21(4)26(24,25-5)14-8-6-13(20)7-9-14/h6-9,12H,1-5H3,(H,22,23). The second-order valence-corrected chi connectivity index (χ2v) is 10.8. The van der Waals surface area contributed by atoms with Crippen LogP contribution in [0.15, 0.2) is 30.3 Å². The van der Waals surface area contributed by atoms with E-state index < -0.39 is 13.5 Å². The number of aromatic carboxylic acids is 1. The average molecular weight is 426 g/mol. The molecule has 2 aromatic rings. The number of carbonyl (C=O) groups is 1. The van der Waals surface area contributed by atoms with Crippen molar-refractivity contribution < 1.29 is 19.0 Å². The summed E-state index contributed by atoms with van der Waals surface area (Å²) in [6.45, 7) is 5.91. The van der Waals surface area contributed by atoms with Crippen LogP contribution in [0.5, 0.6) is 0 Å². The second-order valence-electron chi connectivity index (χ2n) is 6.83. The van der Waals surface area contributed by atoms with E-state index in [1.807, 2.05) is 20.8 Å². The Bertz CT molecular complexity index is 951. The van der Waals surface area contributed by atoms with Crippen LogP contribution >= 0.6 is 30.5 Å². The van der Waals surface area contributed by atoms with Crippen LogP contribution < -0.4 is 9.97 Å². The molecular weight excluding hydrogens is 405 g/mol. The number of rotatable bonds is 5. The molecule has 0 fully saturated rings. The van der Waals surface area contributed by atoms with Crippen molar-refractivity contribution in [3.05, 3.63) is 45.1 Å². The molecule has 1 aromatic heterocycles. The van der Waals surface area contributed by atoms with E-state index in [1.54, 1.807) is 37.4 Å². The van der Waals surface area contributed by atoms with Gasteiger partial charge in [0.25, 0.3) is 0 Å². The van der Waals surface area contributed by atoms with E-state index in [0.29, 0.717) is 20.9 Å². The lowest BCUT2D eigenvalue weighted by atomic mass is 9.98. The van der Waals surface area contributed by atoms with Gasteiger partial charge in [0, 0.05) is 24.6 Å². The van der Waals surface area contributed by atoms with Gasteiger partial charge in [-0.2, -0.15) is 0 Å². The Kier molecular flexibility index (Phi) is 6.44. The van der Waals surface area contributed by atoms with Gasteiger partial charge < -0.3 is 9.63 Å². The molecule has 27 heavy (non-hydrogen) atoms. The number of nitrogens with zero attached hydrogens (tertiary/aromatic N) is 1. The summed E-state index contributed by atoms with van der Waals surface area (Å²) in [5.74, 6) is 4.98. The molecular formula is C19H21ClNO4PS. The number of benzene rings is 1. The number of thiophene rings is 1. The fourth-order valence-electron chi connectivity index (χ4n) is 2.26. The van der Waals surface area contributed by atoms with Gasteiger partial charge in [-0.15, -0.1) is 11.3 Å². The van der Waals surface area contributed by atoms with Gasteiger partial charge in [0.15, 0.2) is 0 Å². The first-order chi connectivity index (χ1) is 12.5. The number of halogens is 1. The van der Waals surface area contributed by atoms with Crippen LogP contribution in [0.4, 0.5) is 5.69 Å². The molecule has 2 rings (SSSR count). The summed E-state index contributed by atoms with van der Waals surface area (Å²) in [6, 6.07) is 8.08. The molecule has 1 heterocycles. The van der Waals surface area contributed by atoms with E-state index in [2.05, 4.69) is 11.8 Å². The summed E-state index contributed by atoms with van der Waals surface area (Å²) in [6.07, 6.45) is 0. The quantitative estimate of drug-likeness (QED) is 0.533. The summed E-state index contributed by atoms with van der Waals surface area (Å²) in [5.41, 5.74) is 0.0794. The molecule has 0 spiro atoms. The minimum absolute atomic E-state index is 0.0574. The van der Waals surface area contributed by atoms with Gasteiger partial charge in [0.2, 0.25) is 0 Å². The van der Waals surface area contributed by atoms with Crippen LogP contribution in [0, 0.1) is 17.3 Å². The van der Waals surface area contributed by atoms with Gasteiger partial charge in [-0.1, -0.05) is 23.4 Å². The summed E-state index contributed by atoms with van der Waals surface area (Å²) in [7, 11) is -0.638. The van der Waals surface area contributed by atoms with Crippen molar-refractivity contribution in [2.75, 3.05) is 18.8 Å². The molecule has 0 radical (unpaired) electrons. The van der Waals surface area contributed by atoms with E-state index in [9.17, 15) is 14.5 Å². The minimum atomic E-state index is -3.52. The molecule has 1 aromatic carbocycles. The Morgan fingerprint density at radius 3 is 2.37 bits per heavy atom. The summed E-state index contributed by atoms with van der Waals surface area (Å²) in [4.78, 5) is 12.4. The number of hydrogen-bond donors (Lipinski definition) is 1. The molecule has 0 saturated heterocycles. The molecule has 0 bridgehead atoms. The zero-order valence-corrected chi connectivity index (χ0v) is 18.2. The maximum atomic E-state index is 13.5. The summed E-state index contributed by atoms with van der Waals surface area (Å²) in [5, 5.41) is 10.5. The van der Waals surface area contributed by atoms with E-state index in [1.165, 1.54) is 11.8 Å². The lowest BCUT2D eigenvalue weighted by Crippen LogP contribution is -2.23. The van der Waals surface area contributed by atoms with Crippen LogP contribution in [-0.4, -0.2) is 25.2 Å². The van der Waals surface area contributed by atoms with Crippen molar-refractivity contribution >= 4 is 47.4 Å². The Morgan fingerprint density at radius 2 is 1.89 bits per heavy atom. The smallest absolute Gasteiger partial charge is 0.348 e. The van der Waals surface area contributed by atoms with Crippen LogP contribution in [0.2, 0.25) is 5.02 Å². The third kappa shape index (κ3) is 4.94. The summed E-state index contributed by atoms with van der Waals surface area (Å²) >= 11 is 6.96. The summed E-state index contributed by atoms with van der Waals surface area (Å²) < 4.78 is 20.3. The first-order valence-corrected chi connectivity index (χ1v) is 10.8. The molecule has 1 unspecified atom stereocenters. The maximum absolute atomic E-state index is 13.5. The zero-order valence-electron chi connectivity index (χ0n) is 15.7. The fraction of sp³-hybridized carbons (Fsp3) is 0.316. The van der Waals surface area contributed by atoms with Gasteiger partial charge >= 0.3 is 13.5 Å². The van der Waals surface area contributed by atoms with Crippen LogP contribution in [0.1, 0.15) is 35.3 Å². The number of hydrogen-bond acceptors (Lipinski definition) is 4. The second kappa shape index (κ2) is 8.08. The van der Waals surface area contributed by atoms with Gasteiger partial charge in [-0.05, 0) is 51.1 Å². The van der Waals surface area contributed by atoms with E-state index in [4.69, 9.17) is 16.1 Å². The Hall–Kier alpha value is -1.77. The third-order valence-electron chi connectivity index (χ3n) is 3.61. The molecule has 0 aliphatic heterocycles. The van der Waals surface area contributed by atoms with Gasteiger partial charge in [-0.3, -0.25) is 9.24 Å². The molecule has 0 amide bonds. The lowest BCUT2D eigenvalue weighted by Gasteiger charge is -2.28. The predicted octanol–water partition coefficient (Wildman–Crippen LogP) is 5.10. The topological polar surface area (TPSA) is 66.8 Å². The van der Waals surface area contributed by atoms with Crippen LogP contribution in [0.25, 0.3) is 0 Å². The third-order valence-corrected chi connectivity index (χ3v) is 7.34. The first-order valence-electron chi connectivity index (χ1n) is 8.04. The van der Waals surface area contributed by atoms with Crippen molar-refractivity contribution in [1.29, 1.82) is 0 Å². The molecule has 0 aliphatic carbocycles. The lowest BCUT2D eigenvalue weighted by molar-refractivity contribution is 0.0703.